The first kappa shape index (κ1) is 10.5. The van der Waals surface area contributed by atoms with Crippen LogP contribution in [0.2, 0.25) is 0 Å². The molecule has 6 heteroatoms. The summed E-state index contributed by atoms with van der Waals surface area (Å²) in [5.74, 6) is 0. The lowest BCUT2D eigenvalue weighted by Crippen LogP contribution is -1.93. The molecule has 0 aliphatic heterocycles. The van der Waals surface area contributed by atoms with E-state index < -0.39 is 10.0 Å². The molecule has 0 fully saturated rings. The van der Waals surface area contributed by atoms with E-state index in [4.69, 9.17) is 0 Å². The lowest BCUT2D eigenvalue weighted by atomic mass is 10.5. The number of thiophene rings is 2. The molecule has 78 valence electrons. The van der Waals surface area contributed by atoms with Crippen LogP contribution in [0.5, 0.6) is 0 Å². The van der Waals surface area contributed by atoms with Gasteiger partial charge in [-0.05, 0) is 22.9 Å². The average molecular weight is 257 g/mol. The summed E-state index contributed by atoms with van der Waals surface area (Å²) in [4.78, 5) is 0.829. The molecule has 0 N–H and O–H groups in total. The summed E-state index contributed by atoms with van der Waals surface area (Å²) in [5, 5.41) is 3.59. The molecule has 0 aromatic carbocycles. The molecule has 2 heterocycles. The lowest BCUT2D eigenvalue weighted by molar-refractivity contribution is 0.600. The SMILES string of the molecule is O=S(=O)(/N=C/c1cccs1)c1cccs1. The van der Waals surface area contributed by atoms with Crippen molar-refractivity contribution >= 4 is 38.9 Å². The Morgan fingerprint density at radius 2 is 1.87 bits per heavy atom. The number of hydrogen-bond donors (Lipinski definition) is 0. The van der Waals surface area contributed by atoms with Crippen molar-refractivity contribution in [2.24, 2.45) is 4.40 Å². The van der Waals surface area contributed by atoms with Gasteiger partial charge in [-0.25, -0.2) is 0 Å². The van der Waals surface area contributed by atoms with Gasteiger partial charge in [-0.3, -0.25) is 0 Å². The first-order valence-electron chi connectivity index (χ1n) is 4.06. The maximum absolute atomic E-state index is 11.6. The molecule has 15 heavy (non-hydrogen) atoms. The molecule has 0 bridgehead atoms. The molecule has 0 spiro atoms. The van der Waals surface area contributed by atoms with Gasteiger partial charge in [-0.1, -0.05) is 12.1 Å². The molecule has 0 aliphatic carbocycles. The van der Waals surface area contributed by atoms with Gasteiger partial charge >= 0.3 is 0 Å². The summed E-state index contributed by atoms with van der Waals surface area (Å²) in [5.41, 5.74) is 0. The Bertz CT molecular complexity index is 538. The van der Waals surface area contributed by atoms with Crippen LogP contribution in [0.3, 0.4) is 0 Å². The zero-order chi connectivity index (χ0) is 10.7. The number of rotatable bonds is 3. The number of nitrogens with zero attached hydrogens (tertiary/aromatic N) is 1. The van der Waals surface area contributed by atoms with Crippen LogP contribution in [0.4, 0.5) is 0 Å². The Hall–Kier alpha value is -0.980. The van der Waals surface area contributed by atoms with Crippen molar-refractivity contribution in [1.29, 1.82) is 0 Å². The molecule has 0 aliphatic rings. The molecule has 0 unspecified atom stereocenters. The van der Waals surface area contributed by atoms with Gasteiger partial charge in [0.15, 0.2) is 0 Å². The minimum absolute atomic E-state index is 0.273. The van der Waals surface area contributed by atoms with Gasteiger partial charge in [0.1, 0.15) is 4.21 Å². The van der Waals surface area contributed by atoms with Crippen LogP contribution in [0, 0.1) is 0 Å². The average Bonchev–Trinajstić information content (AvgIpc) is 2.88. The largest absolute Gasteiger partial charge is 0.291 e. The predicted molar refractivity (Wildman–Crippen MR) is 63.4 cm³/mol. The lowest BCUT2D eigenvalue weighted by Gasteiger charge is -1.91. The second-order valence-electron chi connectivity index (χ2n) is 2.66. The van der Waals surface area contributed by atoms with Crippen molar-refractivity contribution < 1.29 is 8.42 Å². The van der Waals surface area contributed by atoms with Crippen LogP contribution >= 0.6 is 22.7 Å². The van der Waals surface area contributed by atoms with Gasteiger partial charge in [-0.15, -0.1) is 22.7 Å². The molecule has 0 atom stereocenters. The van der Waals surface area contributed by atoms with E-state index in [1.54, 1.807) is 17.5 Å². The third-order valence-corrected chi connectivity index (χ3v) is 5.03. The van der Waals surface area contributed by atoms with Crippen LogP contribution in [0.25, 0.3) is 0 Å². The highest BCUT2D eigenvalue weighted by Gasteiger charge is 2.11. The molecule has 2 aromatic heterocycles. The standard InChI is InChI=1S/C9H7NO2S3/c11-15(12,9-4-2-6-14-9)10-7-8-3-1-5-13-8/h1-7H/b10-7+. The highest BCUT2D eigenvalue weighted by atomic mass is 32.2. The zero-order valence-corrected chi connectivity index (χ0v) is 9.98. The van der Waals surface area contributed by atoms with Gasteiger partial charge in [0.2, 0.25) is 0 Å². The fraction of sp³-hybridized carbons (Fsp3) is 0. The third-order valence-electron chi connectivity index (χ3n) is 1.61. The smallest absolute Gasteiger partial charge is 0.198 e. The van der Waals surface area contributed by atoms with Crippen molar-refractivity contribution in [3.63, 3.8) is 0 Å². The second kappa shape index (κ2) is 4.26. The molecule has 2 aromatic rings. The zero-order valence-electron chi connectivity index (χ0n) is 7.53. The monoisotopic (exact) mass is 257 g/mol. The van der Waals surface area contributed by atoms with E-state index in [1.165, 1.54) is 28.9 Å². The summed E-state index contributed by atoms with van der Waals surface area (Å²) in [7, 11) is -3.50. The Morgan fingerprint density at radius 1 is 1.13 bits per heavy atom. The summed E-state index contributed by atoms with van der Waals surface area (Å²) in [6.07, 6.45) is 1.37. The Labute approximate surface area is 95.8 Å². The Morgan fingerprint density at radius 3 is 2.47 bits per heavy atom. The third kappa shape index (κ3) is 2.53. The van der Waals surface area contributed by atoms with Gasteiger partial charge in [0.25, 0.3) is 10.0 Å². The molecule has 0 saturated heterocycles. The first-order chi connectivity index (χ1) is 7.18. The Kier molecular flexibility index (Phi) is 2.99. The van der Waals surface area contributed by atoms with Crippen molar-refractivity contribution in [2.45, 2.75) is 4.21 Å². The van der Waals surface area contributed by atoms with E-state index in [-0.39, 0.29) is 4.21 Å². The van der Waals surface area contributed by atoms with Gasteiger partial charge < -0.3 is 0 Å². The van der Waals surface area contributed by atoms with Crippen LogP contribution in [-0.2, 0) is 10.0 Å². The molecule has 0 saturated carbocycles. The minimum atomic E-state index is -3.50. The summed E-state index contributed by atoms with van der Waals surface area (Å²) >= 11 is 2.62. The van der Waals surface area contributed by atoms with Gasteiger partial charge in [0.05, 0.1) is 6.21 Å². The van der Waals surface area contributed by atoms with Crippen molar-refractivity contribution in [1.82, 2.24) is 0 Å². The van der Waals surface area contributed by atoms with E-state index in [0.717, 1.165) is 4.88 Å². The molecule has 3 nitrogen and oxygen atoms in total. The molecule has 0 amide bonds. The maximum Gasteiger partial charge on any atom is 0.291 e. The molecular weight excluding hydrogens is 250 g/mol. The molecule has 2 rings (SSSR count). The van der Waals surface area contributed by atoms with E-state index in [1.807, 2.05) is 17.5 Å². The van der Waals surface area contributed by atoms with Crippen molar-refractivity contribution in [2.75, 3.05) is 0 Å². The Balaban J connectivity index is 2.26. The van der Waals surface area contributed by atoms with Crippen LogP contribution < -0.4 is 0 Å². The topological polar surface area (TPSA) is 46.5 Å². The van der Waals surface area contributed by atoms with E-state index in [9.17, 15) is 8.42 Å². The van der Waals surface area contributed by atoms with Gasteiger partial charge in [-0.2, -0.15) is 12.8 Å². The van der Waals surface area contributed by atoms with E-state index in [2.05, 4.69) is 4.40 Å². The second-order valence-corrected chi connectivity index (χ2v) is 6.44. The van der Waals surface area contributed by atoms with Gasteiger partial charge in [0, 0.05) is 4.88 Å². The molecule has 0 radical (unpaired) electrons. The summed E-state index contributed by atoms with van der Waals surface area (Å²) in [6.45, 7) is 0. The van der Waals surface area contributed by atoms with E-state index in [0.29, 0.717) is 0 Å². The highest BCUT2D eigenvalue weighted by molar-refractivity contribution is 7.92. The molecular formula is C9H7NO2S3. The quantitative estimate of drug-likeness (QED) is 0.793. The van der Waals surface area contributed by atoms with Crippen molar-refractivity contribution in [3.8, 4) is 0 Å². The first-order valence-corrected chi connectivity index (χ1v) is 7.26. The predicted octanol–water partition coefficient (Wildman–Crippen LogP) is 2.62. The maximum atomic E-state index is 11.6. The van der Waals surface area contributed by atoms with Crippen molar-refractivity contribution in [3.05, 3.63) is 39.9 Å². The normalized spacial score (nSPS) is 12.3. The fourth-order valence-electron chi connectivity index (χ4n) is 0.948. The highest BCUT2D eigenvalue weighted by Crippen LogP contribution is 2.18. The van der Waals surface area contributed by atoms with Crippen LogP contribution in [0.15, 0.2) is 43.6 Å². The summed E-state index contributed by atoms with van der Waals surface area (Å²) < 4.78 is 27.1. The number of sulfonamides is 1. The number of hydrogen-bond acceptors (Lipinski definition) is 4. The van der Waals surface area contributed by atoms with E-state index >= 15 is 0 Å². The summed E-state index contributed by atoms with van der Waals surface area (Å²) in [6, 6.07) is 6.91. The fourth-order valence-corrected chi connectivity index (χ4v) is 3.44. The van der Waals surface area contributed by atoms with Crippen LogP contribution in [0.1, 0.15) is 4.88 Å². The minimum Gasteiger partial charge on any atom is -0.198 e. The van der Waals surface area contributed by atoms with Crippen LogP contribution in [-0.4, -0.2) is 14.6 Å².